The number of rotatable bonds is 5. The van der Waals surface area contributed by atoms with Crippen molar-refractivity contribution >= 4 is 28.9 Å². The topological polar surface area (TPSA) is 115 Å². The first-order chi connectivity index (χ1) is 9.70. The summed E-state index contributed by atoms with van der Waals surface area (Å²) < 4.78 is 4.73. The number of nitrogens with zero attached hydrogens (tertiary/aromatic N) is 3. The second-order valence-corrected chi connectivity index (χ2v) is 3.88. The SMILES string of the molecule is CCOC(=O)NCCNc1nc(N)c2cccnc2n1. The molecule has 0 fully saturated rings. The zero-order valence-electron chi connectivity index (χ0n) is 11.1. The minimum absolute atomic E-state index is 0.343. The second-order valence-electron chi connectivity index (χ2n) is 3.88. The lowest BCUT2D eigenvalue weighted by Gasteiger charge is -2.08. The van der Waals surface area contributed by atoms with Crippen LogP contribution in [-0.2, 0) is 4.74 Å². The summed E-state index contributed by atoms with van der Waals surface area (Å²) in [5.74, 6) is 0.739. The summed E-state index contributed by atoms with van der Waals surface area (Å²) in [4.78, 5) is 23.5. The van der Waals surface area contributed by atoms with Crippen LogP contribution in [0.5, 0.6) is 0 Å². The Bertz CT molecular complexity index is 604. The number of aromatic nitrogens is 3. The van der Waals surface area contributed by atoms with Crippen LogP contribution in [0.1, 0.15) is 6.92 Å². The normalized spacial score (nSPS) is 10.2. The van der Waals surface area contributed by atoms with Crippen LogP contribution in [-0.4, -0.2) is 40.7 Å². The lowest BCUT2D eigenvalue weighted by molar-refractivity contribution is 0.152. The average molecular weight is 276 g/mol. The molecule has 2 aromatic rings. The van der Waals surface area contributed by atoms with Gasteiger partial charge in [-0.05, 0) is 19.1 Å². The van der Waals surface area contributed by atoms with Gasteiger partial charge < -0.3 is 21.1 Å². The van der Waals surface area contributed by atoms with Crippen LogP contribution in [0.15, 0.2) is 18.3 Å². The van der Waals surface area contributed by atoms with Crippen molar-refractivity contribution < 1.29 is 9.53 Å². The molecule has 0 bridgehead atoms. The second kappa shape index (κ2) is 6.50. The van der Waals surface area contributed by atoms with Crippen LogP contribution in [0.2, 0.25) is 0 Å². The van der Waals surface area contributed by atoms with Crippen molar-refractivity contribution in [1.29, 1.82) is 0 Å². The maximum atomic E-state index is 11.1. The van der Waals surface area contributed by atoms with E-state index >= 15 is 0 Å². The highest BCUT2D eigenvalue weighted by atomic mass is 16.5. The number of nitrogen functional groups attached to an aromatic ring is 1. The van der Waals surface area contributed by atoms with E-state index < -0.39 is 6.09 Å². The van der Waals surface area contributed by atoms with E-state index in [0.717, 1.165) is 0 Å². The number of carbonyl (C=O) groups is 1. The highest BCUT2D eigenvalue weighted by Crippen LogP contribution is 2.16. The van der Waals surface area contributed by atoms with Gasteiger partial charge in [0.15, 0.2) is 5.65 Å². The highest BCUT2D eigenvalue weighted by molar-refractivity contribution is 5.85. The summed E-state index contributed by atoms with van der Waals surface area (Å²) in [5, 5.41) is 6.25. The van der Waals surface area contributed by atoms with Gasteiger partial charge in [0.25, 0.3) is 0 Å². The zero-order chi connectivity index (χ0) is 14.4. The van der Waals surface area contributed by atoms with E-state index in [2.05, 4.69) is 25.6 Å². The Labute approximate surface area is 115 Å². The summed E-state index contributed by atoms with van der Waals surface area (Å²) in [6.45, 7) is 2.94. The van der Waals surface area contributed by atoms with Gasteiger partial charge in [-0.1, -0.05) is 0 Å². The minimum atomic E-state index is -0.449. The van der Waals surface area contributed by atoms with E-state index in [1.165, 1.54) is 0 Å². The number of anilines is 2. The van der Waals surface area contributed by atoms with Crippen molar-refractivity contribution in [2.24, 2.45) is 0 Å². The van der Waals surface area contributed by atoms with Crippen LogP contribution >= 0.6 is 0 Å². The number of nitrogens with one attached hydrogen (secondary N) is 2. The monoisotopic (exact) mass is 276 g/mol. The Balaban J connectivity index is 1.92. The number of hydrogen-bond donors (Lipinski definition) is 3. The van der Waals surface area contributed by atoms with E-state index in [-0.39, 0.29) is 0 Å². The number of alkyl carbamates (subject to hydrolysis) is 1. The molecule has 8 heteroatoms. The summed E-state index contributed by atoms with van der Waals surface area (Å²) in [7, 11) is 0. The van der Waals surface area contributed by atoms with Crippen LogP contribution in [0.4, 0.5) is 16.6 Å². The number of amides is 1. The number of ether oxygens (including phenoxy) is 1. The number of carbonyl (C=O) groups excluding carboxylic acids is 1. The van der Waals surface area contributed by atoms with Crippen molar-refractivity contribution in [3.8, 4) is 0 Å². The third-order valence-electron chi connectivity index (χ3n) is 2.45. The summed E-state index contributed by atoms with van der Waals surface area (Å²) in [6.07, 6.45) is 1.19. The average Bonchev–Trinajstić information content (AvgIpc) is 2.44. The van der Waals surface area contributed by atoms with Gasteiger partial charge in [-0.2, -0.15) is 9.97 Å². The van der Waals surface area contributed by atoms with Gasteiger partial charge in [0.2, 0.25) is 5.95 Å². The Kier molecular flexibility index (Phi) is 4.48. The predicted molar refractivity (Wildman–Crippen MR) is 75.3 cm³/mol. The Morgan fingerprint density at radius 2 is 2.25 bits per heavy atom. The molecular weight excluding hydrogens is 260 g/mol. The molecule has 4 N–H and O–H groups in total. The van der Waals surface area contributed by atoms with Gasteiger partial charge >= 0.3 is 6.09 Å². The van der Waals surface area contributed by atoms with Crippen LogP contribution in [0.25, 0.3) is 11.0 Å². The molecule has 0 unspecified atom stereocenters. The Hall–Kier alpha value is -2.64. The lowest BCUT2D eigenvalue weighted by atomic mass is 10.3. The highest BCUT2D eigenvalue weighted by Gasteiger charge is 2.05. The molecule has 0 aliphatic heterocycles. The fraction of sp³-hybridized carbons (Fsp3) is 0.333. The van der Waals surface area contributed by atoms with Gasteiger partial charge in [0.05, 0.1) is 12.0 Å². The number of nitrogens with two attached hydrogens (primary N) is 1. The van der Waals surface area contributed by atoms with Crippen LogP contribution in [0, 0.1) is 0 Å². The molecule has 0 spiro atoms. The molecule has 1 amide bonds. The summed E-state index contributed by atoms with van der Waals surface area (Å²) >= 11 is 0. The molecule has 2 aromatic heterocycles. The summed E-state index contributed by atoms with van der Waals surface area (Å²) in [5.41, 5.74) is 6.36. The molecule has 0 aliphatic carbocycles. The Morgan fingerprint density at radius 1 is 1.40 bits per heavy atom. The van der Waals surface area contributed by atoms with Gasteiger partial charge in [-0.25, -0.2) is 9.78 Å². The smallest absolute Gasteiger partial charge is 0.407 e. The standard InChI is InChI=1S/C12H16N6O2/c1-2-20-12(19)16-7-6-15-11-17-9(13)8-4-3-5-14-10(8)18-11/h3-5H,2,6-7H2,1H3,(H,16,19)(H3,13,14,15,17,18). The molecule has 0 saturated carbocycles. The zero-order valence-corrected chi connectivity index (χ0v) is 11.1. The molecule has 0 saturated heterocycles. The van der Waals surface area contributed by atoms with Gasteiger partial charge in [0, 0.05) is 19.3 Å². The van der Waals surface area contributed by atoms with Gasteiger partial charge in [-0.3, -0.25) is 0 Å². The van der Waals surface area contributed by atoms with E-state index in [1.807, 2.05) is 6.07 Å². The van der Waals surface area contributed by atoms with Crippen molar-refractivity contribution in [1.82, 2.24) is 20.3 Å². The fourth-order valence-corrected chi connectivity index (χ4v) is 1.59. The molecule has 0 aliphatic rings. The molecule has 0 atom stereocenters. The molecule has 106 valence electrons. The first kappa shape index (κ1) is 13.8. The van der Waals surface area contributed by atoms with Crippen LogP contribution < -0.4 is 16.4 Å². The fourth-order valence-electron chi connectivity index (χ4n) is 1.59. The van der Waals surface area contributed by atoms with Gasteiger partial charge in [0.1, 0.15) is 5.82 Å². The van der Waals surface area contributed by atoms with Crippen molar-refractivity contribution in [3.05, 3.63) is 18.3 Å². The van der Waals surface area contributed by atoms with E-state index in [4.69, 9.17) is 10.5 Å². The first-order valence-electron chi connectivity index (χ1n) is 6.23. The Morgan fingerprint density at radius 3 is 3.05 bits per heavy atom. The third kappa shape index (κ3) is 3.44. The predicted octanol–water partition coefficient (Wildman–Crippen LogP) is 0.765. The molecule has 0 radical (unpaired) electrons. The third-order valence-corrected chi connectivity index (χ3v) is 2.45. The number of fused-ring (bicyclic) bond motifs is 1. The number of hydrogen-bond acceptors (Lipinski definition) is 7. The molecule has 0 aromatic carbocycles. The van der Waals surface area contributed by atoms with E-state index in [0.29, 0.717) is 42.5 Å². The quantitative estimate of drug-likeness (QED) is 0.690. The van der Waals surface area contributed by atoms with Crippen molar-refractivity contribution in [2.45, 2.75) is 6.92 Å². The maximum Gasteiger partial charge on any atom is 0.407 e. The van der Waals surface area contributed by atoms with E-state index in [1.54, 1.807) is 19.2 Å². The van der Waals surface area contributed by atoms with Crippen molar-refractivity contribution in [3.63, 3.8) is 0 Å². The molecule has 20 heavy (non-hydrogen) atoms. The first-order valence-corrected chi connectivity index (χ1v) is 6.23. The summed E-state index contributed by atoms with van der Waals surface area (Å²) in [6, 6.07) is 3.59. The molecule has 8 nitrogen and oxygen atoms in total. The van der Waals surface area contributed by atoms with Crippen molar-refractivity contribution in [2.75, 3.05) is 30.7 Å². The molecule has 2 rings (SSSR count). The largest absolute Gasteiger partial charge is 0.450 e. The number of pyridine rings is 1. The molecular formula is C12H16N6O2. The van der Waals surface area contributed by atoms with Crippen LogP contribution in [0.3, 0.4) is 0 Å². The molecule has 2 heterocycles. The lowest BCUT2D eigenvalue weighted by Crippen LogP contribution is -2.29. The minimum Gasteiger partial charge on any atom is -0.450 e. The van der Waals surface area contributed by atoms with Gasteiger partial charge in [-0.15, -0.1) is 0 Å². The maximum absolute atomic E-state index is 11.1. The van der Waals surface area contributed by atoms with E-state index in [9.17, 15) is 4.79 Å².